The smallest absolute Gasteiger partial charge is 0.307 e. The van der Waals surface area contributed by atoms with Gasteiger partial charge in [0.2, 0.25) is 11.8 Å². The summed E-state index contributed by atoms with van der Waals surface area (Å²) in [4.78, 5) is 66.7. The van der Waals surface area contributed by atoms with Crippen LogP contribution in [0.25, 0.3) is 0 Å². The average Bonchev–Trinajstić information content (AvgIpc) is 3.13. The zero-order valence-electron chi connectivity index (χ0n) is 25.9. The van der Waals surface area contributed by atoms with Crippen LogP contribution in [0, 0.1) is 35.0 Å². The molecule has 0 radical (unpaired) electrons. The number of allylic oxidation sites excluding steroid dienone is 2. The van der Waals surface area contributed by atoms with E-state index in [1.54, 1.807) is 25.7 Å². The number of aliphatic hydroxyl groups is 1. The van der Waals surface area contributed by atoms with Gasteiger partial charge in [-0.15, -0.1) is 0 Å². The SMILES string of the molecule is CC(C)=CC(=O)CC[C@H](CC(=O)OC(C)(C)C)C(=O)N1CC2[C@@H]([C@H]1C(=O)CC(CC1CCC1)C(O)C(N)=O)C2(C)C. The largest absolute Gasteiger partial charge is 0.460 e. The van der Waals surface area contributed by atoms with Crippen molar-refractivity contribution >= 4 is 29.4 Å². The molecular formula is C32H50N2O7. The number of fused-ring (bicyclic) bond motifs is 1. The van der Waals surface area contributed by atoms with Crippen molar-refractivity contribution in [2.24, 2.45) is 40.7 Å². The highest BCUT2D eigenvalue weighted by Gasteiger charge is 2.69. The van der Waals surface area contributed by atoms with Gasteiger partial charge in [-0.1, -0.05) is 38.7 Å². The van der Waals surface area contributed by atoms with Crippen LogP contribution in [-0.2, 0) is 28.7 Å². The fraction of sp³-hybridized carbons (Fsp3) is 0.781. The Labute approximate surface area is 244 Å². The van der Waals surface area contributed by atoms with Crippen molar-refractivity contribution in [2.45, 2.75) is 118 Å². The Morgan fingerprint density at radius 1 is 1.10 bits per heavy atom. The molecule has 2 saturated carbocycles. The molecule has 0 aromatic carbocycles. The number of nitrogens with two attached hydrogens (primary N) is 1. The van der Waals surface area contributed by atoms with Crippen LogP contribution < -0.4 is 5.73 Å². The lowest BCUT2D eigenvalue weighted by atomic mass is 9.75. The summed E-state index contributed by atoms with van der Waals surface area (Å²) < 4.78 is 5.50. The molecule has 41 heavy (non-hydrogen) atoms. The summed E-state index contributed by atoms with van der Waals surface area (Å²) in [6.45, 7) is 13.5. The lowest BCUT2D eigenvalue weighted by Crippen LogP contribution is -2.49. The van der Waals surface area contributed by atoms with Crippen molar-refractivity contribution in [1.29, 1.82) is 0 Å². The molecule has 3 aliphatic rings. The predicted molar refractivity (Wildman–Crippen MR) is 154 cm³/mol. The average molecular weight is 575 g/mol. The number of nitrogens with zero attached hydrogens (tertiary/aromatic N) is 1. The van der Waals surface area contributed by atoms with E-state index in [1.165, 1.54) is 6.08 Å². The summed E-state index contributed by atoms with van der Waals surface area (Å²) in [6, 6.07) is -0.707. The van der Waals surface area contributed by atoms with Crippen LogP contribution in [0.5, 0.6) is 0 Å². The summed E-state index contributed by atoms with van der Waals surface area (Å²) in [5.74, 6) is -2.95. The van der Waals surface area contributed by atoms with Crippen molar-refractivity contribution in [3.8, 4) is 0 Å². The van der Waals surface area contributed by atoms with E-state index in [2.05, 4.69) is 13.8 Å². The predicted octanol–water partition coefficient (Wildman–Crippen LogP) is 3.74. The van der Waals surface area contributed by atoms with Crippen molar-refractivity contribution in [3.63, 3.8) is 0 Å². The Morgan fingerprint density at radius 3 is 2.24 bits per heavy atom. The molecule has 1 saturated heterocycles. The highest BCUT2D eigenvalue weighted by molar-refractivity contribution is 5.94. The molecule has 3 unspecified atom stereocenters. The molecule has 9 nitrogen and oxygen atoms in total. The number of piperidine rings is 1. The number of hydrogen-bond acceptors (Lipinski definition) is 7. The zero-order valence-corrected chi connectivity index (χ0v) is 25.9. The van der Waals surface area contributed by atoms with E-state index < -0.39 is 41.5 Å². The van der Waals surface area contributed by atoms with Crippen LogP contribution in [0.15, 0.2) is 11.6 Å². The molecule has 2 aliphatic carbocycles. The van der Waals surface area contributed by atoms with Crippen LogP contribution in [0.1, 0.15) is 99.8 Å². The third kappa shape index (κ3) is 8.27. The van der Waals surface area contributed by atoms with Crippen molar-refractivity contribution in [3.05, 3.63) is 11.6 Å². The monoisotopic (exact) mass is 574 g/mol. The van der Waals surface area contributed by atoms with E-state index in [9.17, 15) is 29.1 Å². The van der Waals surface area contributed by atoms with Crippen LogP contribution >= 0.6 is 0 Å². The maximum atomic E-state index is 14.1. The van der Waals surface area contributed by atoms with Gasteiger partial charge in [0.15, 0.2) is 11.6 Å². The second-order valence-corrected chi connectivity index (χ2v) is 14.4. The van der Waals surface area contributed by atoms with Gasteiger partial charge in [-0.3, -0.25) is 24.0 Å². The summed E-state index contributed by atoms with van der Waals surface area (Å²) in [5.41, 5.74) is 5.44. The van der Waals surface area contributed by atoms with E-state index >= 15 is 0 Å². The molecular weight excluding hydrogens is 524 g/mol. The normalized spacial score (nSPS) is 25.3. The van der Waals surface area contributed by atoms with E-state index in [1.807, 2.05) is 13.8 Å². The van der Waals surface area contributed by atoms with E-state index in [-0.39, 0.29) is 60.4 Å². The number of carbonyl (C=O) groups is 5. The fourth-order valence-corrected chi connectivity index (χ4v) is 6.82. The third-order valence-corrected chi connectivity index (χ3v) is 9.25. The Morgan fingerprint density at radius 2 is 1.73 bits per heavy atom. The minimum atomic E-state index is -1.42. The van der Waals surface area contributed by atoms with Gasteiger partial charge in [0.1, 0.15) is 11.7 Å². The van der Waals surface area contributed by atoms with Gasteiger partial charge in [-0.2, -0.15) is 0 Å². The Kier molecular flexibility index (Phi) is 10.3. The van der Waals surface area contributed by atoms with Gasteiger partial charge in [-0.05, 0) is 76.7 Å². The summed E-state index contributed by atoms with van der Waals surface area (Å²) in [5, 5.41) is 10.6. The molecule has 6 atom stereocenters. The molecule has 0 spiro atoms. The Hall–Kier alpha value is -2.55. The van der Waals surface area contributed by atoms with Gasteiger partial charge in [0.05, 0.1) is 12.5 Å². The van der Waals surface area contributed by atoms with Gasteiger partial charge in [0, 0.05) is 31.2 Å². The number of Topliss-reactive ketones (excluding diaryl/α,β-unsaturated/α-hetero) is 1. The van der Waals surface area contributed by atoms with Gasteiger partial charge < -0.3 is 20.5 Å². The Balaban J connectivity index is 1.83. The minimum absolute atomic E-state index is 0.0376. The molecule has 0 aromatic heterocycles. The lowest BCUT2D eigenvalue weighted by Gasteiger charge is -2.35. The molecule has 0 bridgehead atoms. The third-order valence-electron chi connectivity index (χ3n) is 9.25. The summed E-state index contributed by atoms with van der Waals surface area (Å²) >= 11 is 0. The molecule has 1 aliphatic heterocycles. The quantitative estimate of drug-likeness (QED) is 0.237. The van der Waals surface area contributed by atoms with E-state index in [0.717, 1.165) is 24.8 Å². The molecule has 2 amide bonds. The number of ether oxygens (including phenoxy) is 1. The van der Waals surface area contributed by atoms with Crippen LogP contribution in [0.3, 0.4) is 0 Å². The zero-order chi connectivity index (χ0) is 30.9. The second kappa shape index (κ2) is 12.8. The van der Waals surface area contributed by atoms with Gasteiger partial charge in [-0.25, -0.2) is 0 Å². The first-order valence-corrected chi connectivity index (χ1v) is 15.1. The number of aliphatic hydroxyl groups excluding tert-OH is 1. The number of carbonyl (C=O) groups excluding carboxylic acids is 5. The summed E-state index contributed by atoms with van der Waals surface area (Å²) in [6.07, 6.45) is 3.79. The molecule has 3 fully saturated rings. The first-order valence-electron chi connectivity index (χ1n) is 15.1. The van der Waals surface area contributed by atoms with Gasteiger partial charge >= 0.3 is 5.97 Å². The molecule has 3 N–H and O–H groups in total. The highest BCUT2D eigenvalue weighted by atomic mass is 16.6. The van der Waals surface area contributed by atoms with Crippen LogP contribution in [-0.4, -0.2) is 63.6 Å². The topological polar surface area (TPSA) is 144 Å². The standard InChI is InChI=1S/C32H50N2O7/c1-18(2)13-22(35)12-11-20(16-25(37)41-31(3,4)5)30(40)34-17-23-26(32(23,6)7)27(34)24(36)15-21(28(38)29(33)39)14-19-9-8-10-19/h13,19-21,23,26-28,38H,8-12,14-17H2,1-7H3,(H2,33,39)/t20-,21?,23?,26+,27-,28?/m1/s1. The molecule has 3 rings (SSSR count). The number of likely N-dealkylation sites (tertiary alicyclic amines) is 1. The number of esters is 1. The lowest BCUT2D eigenvalue weighted by molar-refractivity contribution is -0.159. The van der Waals surface area contributed by atoms with Crippen molar-refractivity contribution in [2.75, 3.05) is 6.54 Å². The van der Waals surface area contributed by atoms with E-state index in [4.69, 9.17) is 10.5 Å². The van der Waals surface area contributed by atoms with Crippen LogP contribution in [0.2, 0.25) is 0 Å². The molecule has 1 heterocycles. The highest BCUT2D eigenvalue weighted by Crippen LogP contribution is 2.65. The number of rotatable bonds is 14. The minimum Gasteiger partial charge on any atom is -0.460 e. The maximum absolute atomic E-state index is 14.1. The van der Waals surface area contributed by atoms with Crippen molar-refractivity contribution < 1.29 is 33.8 Å². The number of amides is 2. The van der Waals surface area contributed by atoms with Crippen LogP contribution in [0.4, 0.5) is 0 Å². The number of primary amides is 1. The summed E-state index contributed by atoms with van der Waals surface area (Å²) in [7, 11) is 0. The molecule has 9 heteroatoms. The second-order valence-electron chi connectivity index (χ2n) is 14.4. The maximum Gasteiger partial charge on any atom is 0.307 e. The first kappa shape index (κ1) is 33.0. The molecule has 230 valence electrons. The first-order chi connectivity index (χ1) is 18.9. The number of hydrogen-bond donors (Lipinski definition) is 2. The number of ketones is 2. The van der Waals surface area contributed by atoms with Gasteiger partial charge in [0.25, 0.3) is 0 Å². The fourth-order valence-electron chi connectivity index (χ4n) is 6.82. The van der Waals surface area contributed by atoms with Crippen molar-refractivity contribution in [1.82, 2.24) is 4.90 Å². The Bertz CT molecular complexity index is 1060. The van der Waals surface area contributed by atoms with E-state index in [0.29, 0.717) is 18.9 Å². The molecule has 0 aromatic rings.